The molecular weight excluding hydrogens is 350 g/mol. The van der Waals surface area contributed by atoms with Gasteiger partial charge in [0.1, 0.15) is 6.61 Å². The van der Waals surface area contributed by atoms with E-state index < -0.39 is 0 Å². The largest absolute Gasteiger partial charge is 0.493 e. The lowest BCUT2D eigenvalue weighted by Gasteiger charge is -2.13. The molecule has 138 valence electrons. The van der Waals surface area contributed by atoms with Gasteiger partial charge in [-0.3, -0.25) is 5.10 Å². The zero-order valence-corrected chi connectivity index (χ0v) is 16.0. The van der Waals surface area contributed by atoms with E-state index in [1.54, 1.807) is 7.11 Å². The van der Waals surface area contributed by atoms with Crippen LogP contribution in [0.5, 0.6) is 11.5 Å². The van der Waals surface area contributed by atoms with Crippen LogP contribution in [0.15, 0.2) is 42.5 Å². The number of rotatable bonds is 7. The molecule has 0 saturated heterocycles. The third-order valence-corrected chi connectivity index (χ3v) is 3.92. The van der Waals surface area contributed by atoms with Crippen LogP contribution in [0.25, 0.3) is 23.1 Å². The average Bonchev–Trinajstić information content (AvgIpc) is 3.03. The molecule has 0 amide bonds. The Morgan fingerprint density at radius 2 is 1.88 bits per heavy atom. The highest BCUT2D eigenvalue weighted by atomic mass is 35.5. The molecule has 0 spiro atoms. The van der Waals surface area contributed by atoms with Gasteiger partial charge in [0.05, 0.1) is 18.3 Å². The summed E-state index contributed by atoms with van der Waals surface area (Å²) >= 11 is 0. The van der Waals surface area contributed by atoms with Crippen molar-refractivity contribution in [3.05, 3.63) is 53.7 Å². The first kappa shape index (κ1) is 19.8. The van der Waals surface area contributed by atoms with E-state index in [1.807, 2.05) is 62.6 Å². The van der Waals surface area contributed by atoms with Gasteiger partial charge in [-0.1, -0.05) is 30.3 Å². The van der Waals surface area contributed by atoms with Crippen LogP contribution in [-0.4, -0.2) is 49.5 Å². The van der Waals surface area contributed by atoms with Crippen molar-refractivity contribution in [1.82, 2.24) is 15.1 Å². The predicted octanol–water partition coefficient (Wildman–Crippen LogP) is 4.10. The van der Waals surface area contributed by atoms with E-state index in [2.05, 4.69) is 21.2 Å². The minimum atomic E-state index is 0. The number of ether oxygens (including phenoxy) is 2. The Labute approximate surface area is 160 Å². The van der Waals surface area contributed by atoms with Crippen LogP contribution in [0.1, 0.15) is 11.3 Å². The van der Waals surface area contributed by atoms with E-state index >= 15 is 0 Å². The number of hydrogen-bond donors (Lipinski definition) is 1. The molecule has 0 radical (unpaired) electrons. The summed E-state index contributed by atoms with van der Waals surface area (Å²) in [6.07, 6.45) is 4.02. The number of fused-ring (bicyclic) bond motifs is 1. The van der Waals surface area contributed by atoms with Gasteiger partial charge in [0.2, 0.25) is 0 Å². The molecule has 0 aliphatic heterocycles. The second kappa shape index (κ2) is 9.27. The second-order valence-corrected chi connectivity index (χ2v) is 6.05. The van der Waals surface area contributed by atoms with Gasteiger partial charge >= 0.3 is 0 Å². The molecule has 2 aromatic carbocycles. The topological polar surface area (TPSA) is 50.4 Å². The minimum Gasteiger partial charge on any atom is -0.493 e. The first-order valence-electron chi connectivity index (χ1n) is 8.24. The number of benzene rings is 2. The van der Waals surface area contributed by atoms with Gasteiger partial charge < -0.3 is 14.4 Å². The molecule has 0 saturated carbocycles. The number of aromatic nitrogens is 2. The monoisotopic (exact) mass is 373 g/mol. The molecular formula is C20H24ClN3O2. The van der Waals surface area contributed by atoms with Gasteiger partial charge in [0.25, 0.3) is 0 Å². The molecule has 6 heteroatoms. The Balaban J connectivity index is 0.00000243. The van der Waals surface area contributed by atoms with E-state index in [0.29, 0.717) is 6.61 Å². The lowest BCUT2D eigenvalue weighted by molar-refractivity contribution is 0.250. The number of halogens is 1. The van der Waals surface area contributed by atoms with Crippen molar-refractivity contribution in [3.63, 3.8) is 0 Å². The fourth-order valence-electron chi connectivity index (χ4n) is 2.53. The number of H-pyrrole nitrogens is 1. The van der Waals surface area contributed by atoms with E-state index in [0.717, 1.165) is 40.2 Å². The Hall–Kier alpha value is -2.50. The number of nitrogens with zero attached hydrogens (tertiary/aromatic N) is 2. The smallest absolute Gasteiger partial charge is 0.161 e. The highest BCUT2D eigenvalue weighted by Crippen LogP contribution is 2.29. The van der Waals surface area contributed by atoms with Crippen molar-refractivity contribution in [3.8, 4) is 11.5 Å². The maximum Gasteiger partial charge on any atom is 0.161 e. The van der Waals surface area contributed by atoms with Crippen molar-refractivity contribution in [2.75, 3.05) is 34.4 Å². The van der Waals surface area contributed by atoms with Crippen LogP contribution in [0.2, 0.25) is 0 Å². The Bertz CT molecular complexity index is 874. The molecule has 26 heavy (non-hydrogen) atoms. The van der Waals surface area contributed by atoms with Gasteiger partial charge in [0.15, 0.2) is 11.5 Å². The number of nitrogens with one attached hydrogen (secondary N) is 1. The summed E-state index contributed by atoms with van der Waals surface area (Å²) in [4.78, 5) is 2.08. The van der Waals surface area contributed by atoms with Crippen molar-refractivity contribution in [1.29, 1.82) is 0 Å². The van der Waals surface area contributed by atoms with Crippen LogP contribution < -0.4 is 9.47 Å². The first-order chi connectivity index (χ1) is 12.2. The van der Waals surface area contributed by atoms with E-state index in [9.17, 15) is 0 Å². The highest BCUT2D eigenvalue weighted by Gasteiger charge is 2.06. The molecule has 0 aliphatic rings. The summed E-state index contributed by atoms with van der Waals surface area (Å²) in [6, 6.07) is 14.0. The van der Waals surface area contributed by atoms with Gasteiger partial charge in [0, 0.05) is 11.9 Å². The van der Waals surface area contributed by atoms with Crippen LogP contribution >= 0.6 is 12.4 Å². The third-order valence-electron chi connectivity index (χ3n) is 3.92. The summed E-state index contributed by atoms with van der Waals surface area (Å²) in [5.41, 5.74) is 2.98. The zero-order chi connectivity index (χ0) is 17.6. The average molecular weight is 374 g/mol. The Kier molecular flexibility index (Phi) is 7.06. The van der Waals surface area contributed by atoms with Crippen molar-refractivity contribution in [2.24, 2.45) is 0 Å². The number of para-hydroxylation sites is 1. The van der Waals surface area contributed by atoms with E-state index in [-0.39, 0.29) is 12.4 Å². The minimum absolute atomic E-state index is 0. The molecule has 0 unspecified atom stereocenters. The predicted molar refractivity (Wildman–Crippen MR) is 109 cm³/mol. The molecule has 0 atom stereocenters. The van der Waals surface area contributed by atoms with Gasteiger partial charge in [-0.15, -0.1) is 12.4 Å². The highest BCUT2D eigenvalue weighted by molar-refractivity contribution is 5.89. The standard InChI is InChI=1S/C20H23N3O2.ClH/c1-23(2)12-13-25-19-11-9-15(14-20(19)24-3)8-10-18-16-6-4-5-7-17(16)21-22-18;/h4-11,14H,12-13H2,1-3H3,(H,21,22);1H/b10-8+;. The maximum absolute atomic E-state index is 5.79. The molecule has 0 fully saturated rings. The molecule has 3 aromatic rings. The number of likely N-dealkylation sites (N-methyl/N-ethyl adjacent to an activating group) is 1. The Morgan fingerprint density at radius 1 is 1.08 bits per heavy atom. The lowest BCUT2D eigenvalue weighted by atomic mass is 10.1. The summed E-state index contributed by atoms with van der Waals surface area (Å²) < 4.78 is 11.3. The molecule has 0 aliphatic carbocycles. The van der Waals surface area contributed by atoms with Crippen molar-refractivity contribution < 1.29 is 9.47 Å². The summed E-state index contributed by atoms with van der Waals surface area (Å²) in [6.45, 7) is 1.48. The van der Waals surface area contributed by atoms with Crippen LogP contribution in [0, 0.1) is 0 Å². The van der Waals surface area contributed by atoms with Crippen molar-refractivity contribution in [2.45, 2.75) is 0 Å². The molecule has 1 aromatic heterocycles. The SMILES string of the molecule is COc1cc(/C=C/c2n[nH]c3ccccc23)ccc1OCCN(C)C.Cl. The number of aromatic amines is 1. The summed E-state index contributed by atoms with van der Waals surface area (Å²) in [7, 11) is 5.70. The number of methoxy groups -OCH3 is 1. The van der Waals surface area contributed by atoms with Crippen molar-refractivity contribution >= 4 is 35.5 Å². The quantitative estimate of drug-likeness (QED) is 0.677. The lowest BCUT2D eigenvalue weighted by Crippen LogP contribution is -2.19. The second-order valence-electron chi connectivity index (χ2n) is 6.05. The van der Waals surface area contributed by atoms with Crippen LogP contribution in [0.4, 0.5) is 0 Å². The van der Waals surface area contributed by atoms with Gasteiger partial charge in [-0.2, -0.15) is 5.10 Å². The fourth-order valence-corrected chi connectivity index (χ4v) is 2.53. The van der Waals surface area contributed by atoms with E-state index in [1.165, 1.54) is 0 Å². The van der Waals surface area contributed by atoms with Crippen LogP contribution in [0.3, 0.4) is 0 Å². The fraction of sp³-hybridized carbons (Fsp3) is 0.250. The molecule has 1 heterocycles. The van der Waals surface area contributed by atoms with Gasteiger partial charge in [-0.25, -0.2) is 0 Å². The normalized spacial score (nSPS) is 11.1. The summed E-state index contributed by atoms with van der Waals surface area (Å²) in [5, 5.41) is 8.50. The summed E-state index contributed by atoms with van der Waals surface area (Å²) in [5.74, 6) is 1.49. The third kappa shape index (κ3) is 4.77. The van der Waals surface area contributed by atoms with Gasteiger partial charge in [-0.05, 0) is 43.9 Å². The Morgan fingerprint density at radius 3 is 2.65 bits per heavy atom. The molecule has 0 bridgehead atoms. The molecule has 1 N–H and O–H groups in total. The first-order valence-corrected chi connectivity index (χ1v) is 8.24. The zero-order valence-electron chi connectivity index (χ0n) is 15.2. The maximum atomic E-state index is 5.79. The molecule has 3 rings (SSSR count). The van der Waals surface area contributed by atoms with Crippen LogP contribution in [-0.2, 0) is 0 Å². The molecule has 5 nitrogen and oxygen atoms in total. The number of hydrogen-bond acceptors (Lipinski definition) is 4. The van der Waals surface area contributed by atoms with E-state index in [4.69, 9.17) is 9.47 Å².